The van der Waals surface area contributed by atoms with Crippen LogP contribution in [0.4, 0.5) is 0 Å². The highest BCUT2D eigenvalue weighted by atomic mass is 16.6. The molecule has 0 radical (unpaired) electrons. The van der Waals surface area contributed by atoms with Crippen molar-refractivity contribution in [2.24, 2.45) is 0 Å². The van der Waals surface area contributed by atoms with Crippen LogP contribution in [-0.4, -0.2) is 21.8 Å². The smallest absolute Gasteiger partial charge is 0.306 e. The van der Waals surface area contributed by atoms with E-state index in [1.54, 1.807) is 6.07 Å². The number of hydrogen-bond acceptors (Lipinski definition) is 4. The summed E-state index contributed by atoms with van der Waals surface area (Å²) >= 11 is 0. The van der Waals surface area contributed by atoms with Gasteiger partial charge in [-0.2, -0.15) is 0 Å². The zero-order valence-corrected chi connectivity index (χ0v) is 10.4. The summed E-state index contributed by atoms with van der Waals surface area (Å²) in [7, 11) is 0. The Morgan fingerprint density at radius 2 is 1.88 bits per heavy atom. The maximum Gasteiger partial charge on any atom is 0.306 e. The van der Waals surface area contributed by atoms with Gasteiger partial charge in [0.15, 0.2) is 11.5 Å². The van der Waals surface area contributed by atoms with E-state index in [1.165, 1.54) is 12.1 Å². The van der Waals surface area contributed by atoms with Gasteiger partial charge in [0.1, 0.15) is 5.60 Å². The first-order chi connectivity index (χ1) is 7.78. The lowest BCUT2D eigenvalue weighted by atomic mass is 10.1. The zero-order valence-electron chi connectivity index (χ0n) is 10.4. The molecule has 0 aliphatic rings. The van der Waals surface area contributed by atoms with Crippen LogP contribution in [0.2, 0.25) is 0 Å². The van der Waals surface area contributed by atoms with Crippen LogP contribution in [0.5, 0.6) is 11.5 Å². The summed E-state index contributed by atoms with van der Waals surface area (Å²) in [6.45, 7) is 5.45. The maximum atomic E-state index is 11.4. The normalized spacial score (nSPS) is 11.2. The second kappa shape index (κ2) is 5.08. The van der Waals surface area contributed by atoms with Gasteiger partial charge in [0.05, 0.1) is 0 Å². The number of carbonyl (C=O) groups excluding carboxylic acids is 1. The Kier molecular flexibility index (Phi) is 3.99. The Morgan fingerprint density at radius 1 is 1.24 bits per heavy atom. The van der Waals surface area contributed by atoms with E-state index >= 15 is 0 Å². The zero-order chi connectivity index (χ0) is 13.1. The third kappa shape index (κ3) is 4.76. The molecule has 2 N–H and O–H groups in total. The van der Waals surface area contributed by atoms with E-state index in [0.717, 1.165) is 5.56 Å². The predicted octanol–water partition coefficient (Wildman–Crippen LogP) is 2.37. The van der Waals surface area contributed by atoms with E-state index < -0.39 is 5.60 Å². The molecule has 1 aromatic rings. The van der Waals surface area contributed by atoms with Crippen molar-refractivity contribution in [3.63, 3.8) is 0 Å². The minimum absolute atomic E-state index is 0.161. The van der Waals surface area contributed by atoms with Crippen LogP contribution in [0.25, 0.3) is 0 Å². The number of carbonyl (C=O) groups is 1. The average Bonchev–Trinajstić information content (AvgIpc) is 2.17. The Labute approximate surface area is 101 Å². The largest absolute Gasteiger partial charge is 0.504 e. The quantitative estimate of drug-likeness (QED) is 0.626. The van der Waals surface area contributed by atoms with E-state index in [2.05, 4.69) is 0 Å². The van der Waals surface area contributed by atoms with Crippen molar-refractivity contribution in [2.75, 3.05) is 0 Å². The first-order valence-electron chi connectivity index (χ1n) is 5.50. The van der Waals surface area contributed by atoms with Gasteiger partial charge in [-0.3, -0.25) is 4.79 Å². The minimum Gasteiger partial charge on any atom is -0.504 e. The molecule has 0 atom stereocenters. The molecule has 0 bridgehead atoms. The number of phenolic OH excluding ortho intramolecular Hbond substituents is 2. The Bertz CT molecular complexity index is 404. The number of aryl methyl sites for hydroxylation is 1. The highest BCUT2D eigenvalue weighted by molar-refractivity contribution is 5.70. The van der Waals surface area contributed by atoms with E-state index in [-0.39, 0.29) is 23.9 Å². The van der Waals surface area contributed by atoms with Crippen LogP contribution in [0.3, 0.4) is 0 Å². The van der Waals surface area contributed by atoms with E-state index in [1.807, 2.05) is 20.8 Å². The molecular weight excluding hydrogens is 220 g/mol. The van der Waals surface area contributed by atoms with Crippen molar-refractivity contribution < 1.29 is 19.7 Å². The number of hydrogen-bond donors (Lipinski definition) is 2. The highest BCUT2D eigenvalue weighted by Gasteiger charge is 2.16. The Morgan fingerprint density at radius 3 is 2.41 bits per heavy atom. The number of rotatable bonds is 3. The third-order valence-corrected chi connectivity index (χ3v) is 2.08. The highest BCUT2D eigenvalue weighted by Crippen LogP contribution is 2.25. The van der Waals surface area contributed by atoms with Crippen molar-refractivity contribution in [3.8, 4) is 11.5 Å². The number of benzene rings is 1. The lowest BCUT2D eigenvalue weighted by molar-refractivity contribution is -0.154. The van der Waals surface area contributed by atoms with Crippen LogP contribution >= 0.6 is 0 Å². The molecule has 0 spiro atoms. The van der Waals surface area contributed by atoms with E-state index in [9.17, 15) is 9.90 Å². The topological polar surface area (TPSA) is 66.8 Å². The van der Waals surface area contributed by atoms with Crippen LogP contribution < -0.4 is 0 Å². The van der Waals surface area contributed by atoms with Crippen LogP contribution in [0, 0.1) is 0 Å². The molecule has 0 unspecified atom stereocenters. The number of ether oxygens (including phenoxy) is 1. The van der Waals surface area contributed by atoms with Crippen LogP contribution in [-0.2, 0) is 16.0 Å². The van der Waals surface area contributed by atoms with Gasteiger partial charge < -0.3 is 14.9 Å². The number of aromatic hydroxyl groups is 2. The molecule has 0 heterocycles. The molecule has 0 amide bonds. The fourth-order valence-corrected chi connectivity index (χ4v) is 1.36. The second-order valence-corrected chi connectivity index (χ2v) is 4.91. The van der Waals surface area contributed by atoms with E-state index in [0.29, 0.717) is 6.42 Å². The van der Waals surface area contributed by atoms with Crippen molar-refractivity contribution in [3.05, 3.63) is 23.8 Å². The lowest BCUT2D eigenvalue weighted by Crippen LogP contribution is -2.23. The van der Waals surface area contributed by atoms with Gasteiger partial charge in [0.2, 0.25) is 0 Å². The molecule has 0 saturated carbocycles. The van der Waals surface area contributed by atoms with Crippen LogP contribution in [0.15, 0.2) is 18.2 Å². The summed E-state index contributed by atoms with van der Waals surface area (Å²) in [6, 6.07) is 4.51. The molecule has 0 aromatic heterocycles. The van der Waals surface area contributed by atoms with Gasteiger partial charge in [0, 0.05) is 6.42 Å². The molecule has 1 rings (SSSR count). The molecule has 4 nitrogen and oxygen atoms in total. The Balaban J connectivity index is 2.50. The SMILES string of the molecule is CC(C)(C)OC(=O)CCc1ccc(O)c(O)c1. The van der Waals surface area contributed by atoms with Gasteiger partial charge >= 0.3 is 5.97 Å². The molecule has 4 heteroatoms. The fourth-order valence-electron chi connectivity index (χ4n) is 1.36. The summed E-state index contributed by atoms with van der Waals surface area (Å²) in [5.41, 5.74) is 0.305. The molecule has 0 fully saturated rings. The molecule has 0 aliphatic carbocycles. The van der Waals surface area contributed by atoms with Gasteiger partial charge in [0.25, 0.3) is 0 Å². The van der Waals surface area contributed by atoms with Crippen molar-refractivity contribution in [1.29, 1.82) is 0 Å². The number of phenols is 2. The van der Waals surface area contributed by atoms with Gasteiger partial charge in [-0.05, 0) is 44.9 Å². The molecular formula is C13H18O4. The summed E-state index contributed by atoms with van der Waals surface area (Å²) in [5.74, 6) is -0.609. The molecule has 94 valence electrons. The molecule has 0 aliphatic heterocycles. The summed E-state index contributed by atoms with van der Waals surface area (Å²) < 4.78 is 5.16. The monoisotopic (exact) mass is 238 g/mol. The molecule has 1 aromatic carbocycles. The second-order valence-electron chi connectivity index (χ2n) is 4.91. The molecule has 17 heavy (non-hydrogen) atoms. The summed E-state index contributed by atoms with van der Waals surface area (Å²) in [4.78, 5) is 11.4. The van der Waals surface area contributed by atoms with Crippen molar-refractivity contribution >= 4 is 5.97 Å². The fraction of sp³-hybridized carbons (Fsp3) is 0.462. The van der Waals surface area contributed by atoms with Crippen molar-refractivity contribution in [2.45, 2.75) is 39.2 Å². The van der Waals surface area contributed by atoms with Crippen LogP contribution in [0.1, 0.15) is 32.8 Å². The maximum absolute atomic E-state index is 11.4. The minimum atomic E-state index is -0.478. The summed E-state index contributed by atoms with van der Waals surface area (Å²) in [6.07, 6.45) is 0.726. The Hall–Kier alpha value is -1.71. The first kappa shape index (κ1) is 13.4. The average molecular weight is 238 g/mol. The van der Waals surface area contributed by atoms with Gasteiger partial charge in [-0.1, -0.05) is 6.07 Å². The van der Waals surface area contributed by atoms with Gasteiger partial charge in [-0.25, -0.2) is 0 Å². The summed E-state index contributed by atoms with van der Waals surface area (Å²) in [5, 5.41) is 18.4. The predicted molar refractivity (Wildman–Crippen MR) is 63.9 cm³/mol. The third-order valence-electron chi connectivity index (χ3n) is 2.08. The standard InChI is InChI=1S/C13H18O4/c1-13(2,3)17-12(16)7-5-9-4-6-10(14)11(15)8-9/h4,6,8,14-15H,5,7H2,1-3H3. The van der Waals surface area contributed by atoms with Crippen molar-refractivity contribution in [1.82, 2.24) is 0 Å². The number of esters is 1. The first-order valence-corrected chi connectivity index (χ1v) is 5.50. The molecule has 0 saturated heterocycles. The van der Waals surface area contributed by atoms with E-state index in [4.69, 9.17) is 9.84 Å². The van der Waals surface area contributed by atoms with Gasteiger partial charge in [-0.15, -0.1) is 0 Å². The lowest BCUT2D eigenvalue weighted by Gasteiger charge is -2.19.